The van der Waals surface area contributed by atoms with Crippen molar-refractivity contribution in [1.82, 2.24) is 0 Å². The molecular formula is C19H21ClO2. The summed E-state index contributed by atoms with van der Waals surface area (Å²) in [5.41, 5.74) is 2.40. The maximum atomic E-state index is 12.3. The van der Waals surface area contributed by atoms with E-state index in [1.165, 1.54) is 6.07 Å². The molecule has 0 saturated heterocycles. The van der Waals surface area contributed by atoms with E-state index in [4.69, 9.17) is 11.6 Å². The zero-order chi connectivity index (χ0) is 16.7. The lowest BCUT2D eigenvalue weighted by Gasteiger charge is -2.11. The van der Waals surface area contributed by atoms with Crippen LogP contribution in [0.25, 0.3) is 5.57 Å². The Labute approximate surface area is 137 Å². The summed E-state index contributed by atoms with van der Waals surface area (Å²) >= 11 is 6.18. The highest BCUT2D eigenvalue weighted by atomic mass is 35.5. The van der Waals surface area contributed by atoms with Gasteiger partial charge in [0.1, 0.15) is 5.75 Å². The number of rotatable bonds is 6. The van der Waals surface area contributed by atoms with Gasteiger partial charge in [-0.25, -0.2) is 0 Å². The minimum atomic E-state index is -0.0870. The van der Waals surface area contributed by atoms with Crippen LogP contribution in [0.2, 0.25) is 5.02 Å². The van der Waals surface area contributed by atoms with Crippen LogP contribution < -0.4 is 0 Å². The van der Waals surface area contributed by atoms with Crippen molar-refractivity contribution in [3.8, 4) is 5.75 Å². The Bertz CT molecular complexity index is 644. The van der Waals surface area contributed by atoms with Gasteiger partial charge in [0.05, 0.1) is 5.02 Å². The van der Waals surface area contributed by atoms with Crippen LogP contribution in [0, 0.1) is 0 Å². The first-order valence-electron chi connectivity index (χ1n) is 7.13. The Hall–Kier alpha value is -2.06. The summed E-state index contributed by atoms with van der Waals surface area (Å²) in [4.78, 5) is 12.3. The van der Waals surface area contributed by atoms with Crippen molar-refractivity contribution < 1.29 is 9.90 Å². The number of halogens is 1. The largest absolute Gasteiger partial charge is 0.507 e. The molecule has 0 amide bonds. The quantitative estimate of drug-likeness (QED) is 0.557. The lowest BCUT2D eigenvalue weighted by atomic mass is 9.95. The Morgan fingerprint density at radius 2 is 2.09 bits per heavy atom. The molecule has 0 heterocycles. The molecule has 0 aliphatic carbocycles. The van der Waals surface area contributed by atoms with Crippen molar-refractivity contribution in [1.29, 1.82) is 0 Å². The van der Waals surface area contributed by atoms with Crippen molar-refractivity contribution >= 4 is 23.0 Å². The molecule has 0 saturated carbocycles. The van der Waals surface area contributed by atoms with Crippen LogP contribution in [0.15, 0.2) is 60.2 Å². The topological polar surface area (TPSA) is 37.3 Å². The van der Waals surface area contributed by atoms with Crippen LogP contribution in [-0.2, 0) is 4.79 Å². The molecule has 0 unspecified atom stereocenters. The number of carbonyl (C=O) groups is 1. The molecule has 0 atom stereocenters. The Morgan fingerprint density at radius 3 is 2.59 bits per heavy atom. The number of phenols is 1. The van der Waals surface area contributed by atoms with E-state index < -0.39 is 0 Å². The summed E-state index contributed by atoms with van der Waals surface area (Å²) in [6.45, 7) is 9.49. The first kappa shape index (κ1) is 18.0. The highest BCUT2D eigenvalue weighted by molar-refractivity contribution is 6.35. The van der Waals surface area contributed by atoms with Crippen molar-refractivity contribution in [2.45, 2.75) is 27.2 Å². The summed E-state index contributed by atoms with van der Waals surface area (Å²) in [5.74, 6) is -0.0938. The molecule has 0 spiro atoms. The van der Waals surface area contributed by atoms with Gasteiger partial charge in [0.15, 0.2) is 5.78 Å². The number of benzene rings is 1. The van der Waals surface area contributed by atoms with Crippen LogP contribution in [0.5, 0.6) is 5.75 Å². The number of Topliss-reactive ketones (excluding diaryl/α,β-unsaturated/α-hetero) is 1. The summed E-state index contributed by atoms with van der Waals surface area (Å²) in [6, 6.07) is 4.82. The van der Waals surface area contributed by atoms with Gasteiger partial charge < -0.3 is 5.11 Å². The van der Waals surface area contributed by atoms with Crippen molar-refractivity contribution in [3.63, 3.8) is 0 Å². The molecule has 0 bridgehead atoms. The molecule has 0 aromatic heterocycles. The van der Waals surface area contributed by atoms with Crippen molar-refractivity contribution in [2.24, 2.45) is 0 Å². The van der Waals surface area contributed by atoms with E-state index >= 15 is 0 Å². The number of phenolic OH excluding ortho intramolecular Hbond substituents is 1. The Balaban J connectivity index is 3.57. The van der Waals surface area contributed by atoms with Gasteiger partial charge in [-0.3, -0.25) is 4.79 Å². The lowest BCUT2D eigenvalue weighted by Crippen LogP contribution is -2.02. The molecule has 3 heteroatoms. The smallest absolute Gasteiger partial charge is 0.163 e. The molecular weight excluding hydrogens is 296 g/mol. The first-order valence-corrected chi connectivity index (χ1v) is 7.51. The van der Waals surface area contributed by atoms with Gasteiger partial charge in [0.25, 0.3) is 0 Å². The summed E-state index contributed by atoms with van der Waals surface area (Å²) in [6.07, 6.45) is 7.70. The molecule has 1 rings (SSSR count). The molecule has 1 aromatic carbocycles. The third kappa shape index (κ3) is 4.47. The van der Waals surface area contributed by atoms with E-state index in [2.05, 4.69) is 6.58 Å². The number of allylic oxidation sites excluding steroid dienone is 7. The Kier molecular flexibility index (Phi) is 6.87. The first-order chi connectivity index (χ1) is 10.4. The highest BCUT2D eigenvalue weighted by Gasteiger charge is 2.17. The van der Waals surface area contributed by atoms with Gasteiger partial charge >= 0.3 is 0 Å². The minimum Gasteiger partial charge on any atom is -0.507 e. The van der Waals surface area contributed by atoms with E-state index in [0.29, 0.717) is 22.6 Å². The zero-order valence-corrected chi connectivity index (χ0v) is 13.9. The normalized spacial score (nSPS) is 12.7. The van der Waals surface area contributed by atoms with Crippen LogP contribution in [0.1, 0.15) is 32.8 Å². The van der Waals surface area contributed by atoms with Crippen LogP contribution in [0.4, 0.5) is 0 Å². The summed E-state index contributed by atoms with van der Waals surface area (Å²) in [7, 11) is 0. The maximum Gasteiger partial charge on any atom is 0.163 e. The van der Waals surface area contributed by atoms with E-state index in [9.17, 15) is 9.90 Å². The van der Waals surface area contributed by atoms with E-state index in [1.54, 1.807) is 25.1 Å². The lowest BCUT2D eigenvalue weighted by molar-refractivity contribution is -0.113. The van der Waals surface area contributed by atoms with E-state index in [1.807, 2.05) is 32.1 Å². The molecule has 0 aliphatic rings. The standard InChI is InChI=1S/C19H21ClO2/c1-5-7-9-14(13(3)4)12-15(17(21)6-2)19-16(20)10-8-11-18(19)22/h5,7-12,22H,3,6H2,1-2,4H3/b7-5-,14-9-,15-12+. The minimum absolute atomic E-state index is 0.00681. The zero-order valence-electron chi connectivity index (χ0n) is 13.2. The van der Waals surface area contributed by atoms with Crippen LogP contribution in [-0.4, -0.2) is 10.9 Å². The molecule has 0 fully saturated rings. The van der Waals surface area contributed by atoms with E-state index in [-0.39, 0.29) is 11.5 Å². The highest BCUT2D eigenvalue weighted by Crippen LogP contribution is 2.34. The second-order valence-corrected chi connectivity index (χ2v) is 5.30. The number of aromatic hydroxyl groups is 1. The predicted molar refractivity (Wildman–Crippen MR) is 94.1 cm³/mol. The fraction of sp³-hybridized carbons (Fsp3) is 0.211. The molecule has 2 nitrogen and oxygen atoms in total. The third-order valence-corrected chi connectivity index (χ3v) is 3.46. The number of hydrogen-bond donors (Lipinski definition) is 1. The second kappa shape index (κ2) is 8.40. The van der Waals surface area contributed by atoms with Gasteiger partial charge in [-0.15, -0.1) is 0 Å². The molecule has 22 heavy (non-hydrogen) atoms. The predicted octanol–water partition coefficient (Wildman–Crippen LogP) is 5.49. The summed E-state index contributed by atoms with van der Waals surface area (Å²) < 4.78 is 0. The monoisotopic (exact) mass is 316 g/mol. The van der Waals surface area contributed by atoms with Crippen molar-refractivity contribution in [2.75, 3.05) is 0 Å². The SMILES string of the molecule is C=C(C)C(=C\C=C/C)/C=C(\C(=O)CC)c1c(O)cccc1Cl. The average molecular weight is 317 g/mol. The van der Waals surface area contributed by atoms with E-state index in [0.717, 1.165) is 11.1 Å². The Morgan fingerprint density at radius 1 is 1.41 bits per heavy atom. The van der Waals surface area contributed by atoms with Crippen molar-refractivity contribution in [3.05, 3.63) is 70.8 Å². The molecule has 0 radical (unpaired) electrons. The number of hydrogen-bond acceptors (Lipinski definition) is 2. The fourth-order valence-electron chi connectivity index (χ4n) is 1.93. The number of carbonyl (C=O) groups excluding carboxylic acids is 1. The fourth-order valence-corrected chi connectivity index (χ4v) is 2.20. The maximum absolute atomic E-state index is 12.3. The average Bonchev–Trinajstić information content (AvgIpc) is 2.48. The molecule has 1 N–H and O–H groups in total. The summed E-state index contributed by atoms with van der Waals surface area (Å²) in [5, 5.41) is 10.4. The second-order valence-electron chi connectivity index (χ2n) is 4.90. The van der Waals surface area contributed by atoms with Gasteiger partial charge in [-0.2, -0.15) is 0 Å². The third-order valence-electron chi connectivity index (χ3n) is 3.14. The van der Waals surface area contributed by atoms with Gasteiger partial charge in [-0.05, 0) is 37.6 Å². The van der Waals surface area contributed by atoms with Gasteiger partial charge in [-0.1, -0.05) is 55.0 Å². The molecule has 1 aromatic rings. The van der Waals surface area contributed by atoms with Crippen LogP contribution in [0.3, 0.4) is 0 Å². The molecule has 116 valence electrons. The number of ketones is 1. The molecule has 0 aliphatic heterocycles. The van der Waals surface area contributed by atoms with Crippen LogP contribution >= 0.6 is 11.6 Å². The van der Waals surface area contributed by atoms with Gasteiger partial charge in [0, 0.05) is 17.6 Å². The van der Waals surface area contributed by atoms with Gasteiger partial charge in [0.2, 0.25) is 0 Å².